The Morgan fingerprint density at radius 3 is 2.61 bits per heavy atom. The first kappa shape index (κ1) is 21.8. The lowest BCUT2D eigenvalue weighted by atomic mass is 9.90. The molecule has 1 aliphatic rings. The number of ether oxygens (including phenoxy) is 1. The predicted octanol–water partition coefficient (Wildman–Crippen LogP) is 4.47. The van der Waals surface area contributed by atoms with Crippen molar-refractivity contribution in [1.29, 1.82) is 0 Å². The molecule has 0 radical (unpaired) electrons. The van der Waals surface area contributed by atoms with Gasteiger partial charge in [-0.3, -0.25) is 0 Å². The average molecular weight is 485 g/mol. The van der Waals surface area contributed by atoms with Gasteiger partial charge in [0.15, 0.2) is 11.5 Å². The molecule has 11 heteroatoms. The van der Waals surface area contributed by atoms with Gasteiger partial charge in [0.1, 0.15) is 29.7 Å². The van der Waals surface area contributed by atoms with Crippen LogP contribution in [0.1, 0.15) is 29.9 Å². The summed E-state index contributed by atoms with van der Waals surface area (Å²) in [4.78, 5) is 21.5. The standard InChI is InChI=1S/C25H24N8O3/c1-16-12-18(2-3-21(16)36-19-6-10-32-22(13-19)26-14-28-32)30-24-23-20(7-11-33(23)29-15-27-24)17-4-8-31(9-5-17)25(34)35/h2-3,6-7,10-15,17H,4-5,8-9H2,1H3,(H,34,35)(H,27,29,30). The lowest BCUT2D eigenvalue weighted by molar-refractivity contribution is 0.132. The van der Waals surface area contributed by atoms with Crippen molar-refractivity contribution in [2.24, 2.45) is 0 Å². The number of pyridine rings is 1. The molecule has 182 valence electrons. The molecular formula is C25H24N8O3. The first-order valence-corrected chi connectivity index (χ1v) is 11.7. The number of carbonyl (C=O) groups is 1. The first-order chi connectivity index (χ1) is 17.5. The van der Waals surface area contributed by atoms with E-state index in [1.54, 1.807) is 4.52 Å². The van der Waals surface area contributed by atoms with Crippen LogP contribution < -0.4 is 10.1 Å². The van der Waals surface area contributed by atoms with Crippen molar-refractivity contribution in [3.05, 3.63) is 72.6 Å². The second-order valence-corrected chi connectivity index (χ2v) is 8.85. The summed E-state index contributed by atoms with van der Waals surface area (Å²) in [5.41, 5.74) is 4.59. The van der Waals surface area contributed by atoms with Gasteiger partial charge in [0.2, 0.25) is 0 Å². The number of nitrogens with zero attached hydrogens (tertiary/aromatic N) is 7. The minimum absolute atomic E-state index is 0.247. The molecule has 11 nitrogen and oxygen atoms in total. The molecule has 0 atom stereocenters. The normalized spacial score (nSPS) is 14.4. The number of likely N-dealkylation sites (tertiary alicyclic amines) is 1. The highest BCUT2D eigenvalue weighted by atomic mass is 16.5. The van der Waals surface area contributed by atoms with Crippen molar-refractivity contribution in [1.82, 2.24) is 34.1 Å². The Kier molecular flexibility index (Phi) is 5.36. The number of piperidine rings is 1. The molecule has 36 heavy (non-hydrogen) atoms. The Morgan fingerprint density at radius 2 is 1.81 bits per heavy atom. The maximum atomic E-state index is 11.3. The minimum Gasteiger partial charge on any atom is -0.465 e. The summed E-state index contributed by atoms with van der Waals surface area (Å²) in [5.74, 6) is 2.38. The fourth-order valence-electron chi connectivity index (χ4n) is 4.75. The molecule has 1 amide bonds. The number of fused-ring (bicyclic) bond motifs is 2. The van der Waals surface area contributed by atoms with Gasteiger partial charge in [0, 0.05) is 37.2 Å². The smallest absolute Gasteiger partial charge is 0.407 e. The zero-order valence-electron chi connectivity index (χ0n) is 19.6. The zero-order chi connectivity index (χ0) is 24.6. The molecule has 5 heterocycles. The van der Waals surface area contributed by atoms with Crippen molar-refractivity contribution >= 4 is 28.8 Å². The third-order valence-corrected chi connectivity index (χ3v) is 6.61. The Morgan fingerprint density at radius 1 is 1.03 bits per heavy atom. The number of anilines is 2. The Hall–Kier alpha value is -4.67. The molecular weight excluding hydrogens is 460 g/mol. The number of aromatic nitrogens is 6. The van der Waals surface area contributed by atoms with Gasteiger partial charge in [0.25, 0.3) is 0 Å². The molecule has 0 unspecified atom stereocenters. The van der Waals surface area contributed by atoms with Crippen LogP contribution in [0.15, 0.2) is 61.4 Å². The van der Waals surface area contributed by atoms with Gasteiger partial charge >= 0.3 is 6.09 Å². The molecule has 6 rings (SSSR count). The van der Waals surface area contributed by atoms with Gasteiger partial charge in [0.05, 0.1) is 0 Å². The van der Waals surface area contributed by atoms with Crippen LogP contribution in [0.3, 0.4) is 0 Å². The number of rotatable bonds is 5. The van der Waals surface area contributed by atoms with Gasteiger partial charge in [-0.25, -0.2) is 23.8 Å². The summed E-state index contributed by atoms with van der Waals surface area (Å²) in [6.45, 7) is 3.04. The summed E-state index contributed by atoms with van der Waals surface area (Å²) in [7, 11) is 0. The minimum atomic E-state index is -0.859. The molecule has 0 aliphatic carbocycles. The number of nitrogens with one attached hydrogen (secondary N) is 1. The molecule has 0 bridgehead atoms. The topological polar surface area (TPSA) is 122 Å². The number of amides is 1. The predicted molar refractivity (Wildman–Crippen MR) is 132 cm³/mol. The van der Waals surface area contributed by atoms with Crippen LogP contribution in [0.4, 0.5) is 16.3 Å². The fourth-order valence-corrected chi connectivity index (χ4v) is 4.75. The van der Waals surface area contributed by atoms with Crippen LogP contribution in [0.2, 0.25) is 0 Å². The van der Waals surface area contributed by atoms with Crippen molar-refractivity contribution in [2.75, 3.05) is 18.4 Å². The SMILES string of the molecule is Cc1cc(Nc2ncnn3ccc(C4CCN(C(=O)O)CC4)c23)ccc1Oc1ccn2ncnc2c1. The van der Waals surface area contributed by atoms with E-state index in [-0.39, 0.29) is 5.92 Å². The largest absolute Gasteiger partial charge is 0.465 e. The Labute approximate surface area is 206 Å². The monoisotopic (exact) mass is 484 g/mol. The molecule has 5 aromatic rings. The van der Waals surface area contributed by atoms with Crippen LogP contribution >= 0.6 is 0 Å². The molecule has 0 spiro atoms. The van der Waals surface area contributed by atoms with Gasteiger partial charge in [-0.05, 0) is 67.1 Å². The molecule has 2 N–H and O–H groups in total. The third kappa shape index (κ3) is 4.04. The average Bonchev–Trinajstić information content (AvgIpc) is 3.53. The van der Waals surface area contributed by atoms with Crippen molar-refractivity contribution in [3.63, 3.8) is 0 Å². The summed E-state index contributed by atoms with van der Waals surface area (Å²) in [6, 6.07) is 11.6. The lowest BCUT2D eigenvalue weighted by Crippen LogP contribution is -2.36. The summed E-state index contributed by atoms with van der Waals surface area (Å²) >= 11 is 0. The van der Waals surface area contributed by atoms with Crippen LogP contribution in [-0.2, 0) is 0 Å². The fraction of sp³-hybridized carbons (Fsp3) is 0.240. The number of hydrogen-bond acceptors (Lipinski definition) is 7. The second kappa shape index (κ2) is 8.84. The highest BCUT2D eigenvalue weighted by Gasteiger charge is 2.26. The molecule has 1 aliphatic heterocycles. The Bertz CT molecular complexity index is 1570. The summed E-state index contributed by atoms with van der Waals surface area (Å²) in [5, 5.41) is 21.2. The van der Waals surface area contributed by atoms with E-state index in [9.17, 15) is 9.90 Å². The maximum absolute atomic E-state index is 11.3. The highest BCUT2D eigenvalue weighted by molar-refractivity contribution is 5.77. The van der Waals surface area contributed by atoms with Crippen molar-refractivity contribution in [3.8, 4) is 11.5 Å². The van der Waals surface area contributed by atoms with Gasteiger partial charge in [-0.1, -0.05) is 0 Å². The van der Waals surface area contributed by atoms with E-state index in [4.69, 9.17) is 4.74 Å². The second-order valence-electron chi connectivity index (χ2n) is 8.85. The van der Waals surface area contributed by atoms with E-state index in [2.05, 4.69) is 31.5 Å². The molecule has 0 saturated carbocycles. The first-order valence-electron chi connectivity index (χ1n) is 11.7. The van der Waals surface area contributed by atoms with Crippen LogP contribution in [-0.4, -0.2) is 58.4 Å². The maximum Gasteiger partial charge on any atom is 0.407 e. The van der Waals surface area contributed by atoms with E-state index < -0.39 is 6.09 Å². The van der Waals surface area contributed by atoms with Gasteiger partial charge in [-0.15, -0.1) is 0 Å². The van der Waals surface area contributed by atoms with Gasteiger partial charge in [-0.2, -0.15) is 10.2 Å². The molecule has 1 aromatic carbocycles. The van der Waals surface area contributed by atoms with Crippen LogP contribution in [0.5, 0.6) is 11.5 Å². The molecule has 1 fully saturated rings. The highest BCUT2D eigenvalue weighted by Crippen LogP contribution is 2.35. The lowest BCUT2D eigenvalue weighted by Gasteiger charge is -2.30. The molecule has 4 aromatic heterocycles. The summed E-state index contributed by atoms with van der Waals surface area (Å²) in [6.07, 6.45) is 7.45. The van der Waals surface area contributed by atoms with Crippen molar-refractivity contribution < 1.29 is 14.6 Å². The zero-order valence-corrected chi connectivity index (χ0v) is 19.6. The van der Waals surface area contributed by atoms with Crippen LogP contribution in [0, 0.1) is 6.92 Å². The van der Waals surface area contributed by atoms with Crippen LogP contribution in [0.25, 0.3) is 11.2 Å². The number of benzene rings is 1. The van der Waals surface area contributed by atoms with Crippen molar-refractivity contribution in [2.45, 2.75) is 25.7 Å². The molecule has 1 saturated heterocycles. The Balaban J connectivity index is 1.24. The quantitative estimate of drug-likeness (QED) is 0.375. The van der Waals surface area contributed by atoms with E-state index in [1.807, 2.05) is 54.2 Å². The van der Waals surface area contributed by atoms with Gasteiger partial charge < -0.3 is 20.1 Å². The number of hydrogen-bond donors (Lipinski definition) is 2. The van der Waals surface area contributed by atoms with E-state index in [0.29, 0.717) is 30.3 Å². The van der Waals surface area contributed by atoms with E-state index >= 15 is 0 Å². The third-order valence-electron chi connectivity index (χ3n) is 6.61. The number of carboxylic acid groups (broad SMARTS) is 1. The summed E-state index contributed by atoms with van der Waals surface area (Å²) < 4.78 is 9.59. The number of aryl methyl sites for hydroxylation is 1. The van der Waals surface area contributed by atoms with E-state index in [0.717, 1.165) is 40.9 Å². The van der Waals surface area contributed by atoms with E-state index in [1.165, 1.54) is 17.6 Å².